The number of nitrogens with zero attached hydrogens (tertiary/aromatic N) is 1. The number of nitrogens with one attached hydrogen (secondary N) is 1. The van der Waals surface area contributed by atoms with Gasteiger partial charge in [-0.1, -0.05) is 62.4 Å². The zero-order valence-corrected chi connectivity index (χ0v) is 19.0. The lowest BCUT2D eigenvalue weighted by Crippen LogP contribution is -2.54. The van der Waals surface area contributed by atoms with Gasteiger partial charge in [0.05, 0.1) is 5.92 Å². The molecule has 7 heteroatoms. The minimum absolute atomic E-state index is 0.0124. The molecule has 1 aliphatic heterocycles. The molecule has 1 saturated heterocycles. The van der Waals surface area contributed by atoms with Gasteiger partial charge in [0, 0.05) is 37.4 Å². The molecule has 1 fully saturated rings. The standard InChI is InChI=1S/C26H30N2O5/c1-3-18(12-24(29)28-13-17(14-28)16(2)25(30)31)27-26(32)33-15-23-21-10-6-4-8-19(21)20-9-5-7-11-22(20)23/h4-11,16-18,23H,3,12-15H2,1-2H3,(H,27,32)(H,30,31)/t16?,18-/m1/s1. The summed E-state index contributed by atoms with van der Waals surface area (Å²) in [4.78, 5) is 37.8. The van der Waals surface area contributed by atoms with Crippen molar-refractivity contribution in [3.05, 3.63) is 59.7 Å². The number of carboxylic acids is 1. The monoisotopic (exact) mass is 450 g/mol. The van der Waals surface area contributed by atoms with Crippen molar-refractivity contribution in [1.29, 1.82) is 0 Å². The molecule has 0 radical (unpaired) electrons. The number of fused-ring (bicyclic) bond motifs is 3. The first kappa shape index (κ1) is 22.8. The van der Waals surface area contributed by atoms with Crippen molar-refractivity contribution in [2.24, 2.45) is 11.8 Å². The molecule has 2 atom stereocenters. The van der Waals surface area contributed by atoms with Gasteiger partial charge >= 0.3 is 12.1 Å². The first-order valence-electron chi connectivity index (χ1n) is 11.5. The molecule has 1 aliphatic carbocycles. The highest BCUT2D eigenvalue weighted by molar-refractivity contribution is 5.80. The Morgan fingerprint density at radius 2 is 1.64 bits per heavy atom. The molecule has 2 aromatic carbocycles. The third-order valence-corrected chi connectivity index (χ3v) is 6.94. The van der Waals surface area contributed by atoms with Crippen LogP contribution in [-0.2, 0) is 14.3 Å². The van der Waals surface area contributed by atoms with Crippen LogP contribution in [0.25, 0.3) is 11.1 Å². The number of likely N-dealkylation sites (tertiary alicyclic amines) is 1. The minimum Gasteiger partial charge on any atom is -0.481 e. The second-order valence-electron chi connectivity index (χ2n) is 8.96. The summed E-state index contributed by atoms with van der Waals surface area (Å²) in [6, 6.07) is 16.0. The van der Waals surface area contributed by atoms with Crippen LogP contribution in [0.15, 0.2) is 48.5 Å². The maximum absolute atomic E-state index is 12.5. The fraction of sp³-hybridized carbons (Fsp3) is 0.423. The highest BCUT2D eigenvalue weighted by Crippen LogP contribution is 2.44. The van der Waals surface area contributed by atoms with Crippen LogP contribution in [0.1, 0.15) is 43.7 Å². The maximum atomic E-state index is 12.5. The molecule has 0 spiro atoms. The zero-order chi connectivity index (χ0) is 23.5. The predicted octanol–water partition coefficient (Wildman–Crippen LogP) is 3.87. The Morgan fingerprint density at radius 1 is 1.06 bits per heavy atom. The van der Waals surface area contributed by atoms with Crippen molar-refractivity contribution in [3.8, 4) is 11.1 Å². The smallest absolute Gasteiger partial charge is 0.407 e. The van der Waals surface area contributed by atoms with Crippen LogP contribution in [0.2, 0.25) is 0 Å². The molecule has 1 heterocycles. The summed E-state index contributed by atoms with van der Waals surface area (Å²) >= 11 is 0. The summed E-state index contributed by atoms with van der Waals surface area (Å²) in [5, 5.41) is 11.9. The summed E-state index contributed by atoms with van der Waals surface area (Å²) in [6.07, 6.45) is 0.241. The molecule has 4 rings (SSSR count). The second kappa shape index (κ2) is 9.65. The number of benzene rings is 2. The quantitative estimate of drug-likeness (QED) is 0.637. The van der Waals surface area contributed by atoms with Crippen LogP contribution < -0.4 is 5.32 Å². The molecule has 0 aromatic heterocycles. The van der Waals surface area contributed by atoms with Crippen molar-refractivity contribution in [1.82, 2.24) is 10.2 Å². The molecule has 33 heavy (non-hydrogen) atoms. The number of ether oxygens (including phenoxy) is 1. The minimum atomic E-state index is -0.838. The lowest BCUT2D eigenvalue weighted by molar-refractivity contribution is -0.150. The van der Waals surface area contributed by atoms with Crippen molar-refractivity contribution < 1.29 is 24.2 Å². The highest BCUT2D eigenvalue weighted by atomic mass is 16.5. The molecule has 1 unspecified atom stereocenters. The number of carbonyl (C=O) groups excluding carboxylic acids is 2. The molecule has 2 N–H and O–H groups in total. The Balaban J connectivity index is 1.29. The lowest BCUT2D eigenvalue weighted by atomic mass is 9.86. The van der Waals surface area contributed by atoms with Crippen LogP contribution in [0.3, 0.4) is 0 Å². The van der Waals surface area contributed by atoms with E-state index in [0.717, 1.165) is 11.1 Å². The number of amides is 2. The summed E-state index contributed by atoms with van der Waals surface area (Å²) in [7, 11) is 0. The maximum Gasteiger partial charge on any atom is 0.407 e. The number of carbonyl (C=O) groups is 3. The predicted molar refractivity (Wildman–Crippen MR) is 124 cm³/mol. The molecule has 2 amide bonds. The Bertz CT molecular complexity index is 1000. The Hall–Kier alpha value is -3.35. The van der Waals surface area contributed by atoms with Gasteiger partial charge in [-0.25, -0.2) is 4.79 Å². The second-order valence-corrected chi connectivity index (χ2v) is 8.96. The van der Waals surface area contributed by atoms with Gasteiger partial charge in [0.25, 0.3) is 0 Å². The first-order valence-corrected chi connectivity index (χ1v) is 11.5. The topological polar surface area (TPSA) is 95.9 Å². The number of rotatable bonds is 8. The van der Waals surface area contributed by atoms with Gasteiger partial charge in [-0.05, 0) is 28.7 Å². The summed E-state index contributed by atoms with van der Waals surface area (Å²) < 4.78 is 5.59. The van der Waals surface area contributed by atoms with E-state index in [9.17, 15) is 14.4 Å². The van der Waals surface area contributed by atoms with Crippen LogP contribution in [0.5, 0.6) is 0 Å². The van der Waals surface area contributed by atoms with E-state index in [4.69, 9.17) is 9.84 Å². The van der Waals surface area contributed by atoms with Crippen molar-refractivity contribution in [2.75, 3.05) is 19.7 Å². The molecule has 0 saturated carbocycles. The number of carboxylic acid groups (broad SMARTS) is 1. The Kier molecular flexibility index (Phi) is 6.67. The summed E-state index contributed by atoms with van der Waals surface area (Å²) in [5.74, 6) is -1.40. The highest BCUT2D eigenvalue weighted by Gasteiger charge is 2.37. The fourth-order valence-corrected chi connectivity index (χ4v) is 4.68. The SMILES string of the molecule is CC[C@H](CC(=O)N1CC(C(C)C(=O)O)C1)NC(=O)OCC1c2ccccc2-c2ccccc21. The zero-order valence-electron chi connectivity index (χ0n) is 19.0. The van der Waals surface area contributed by atoms with E-state index in [-0.39, 0.29) is 36.8 Å². The fourth-order valence-electron chi connectivity index (χ4n) is 4.68. The molecule has 2 aliphatic rings. The number of aliphatic carboxylic acids is 1. The van der Waals surface area contributed by atoms with Crippen LogP contribution in [0, 0.1) is 11.8 Å². The number of hydrogen-bond donors (Lipinski definition) is 2. The normalized spacial score (nSPS) is 16.8. The largest absolute Gasteiger partial charge is 0.481 e. The van der Waals surface area contributed by atoms with Gasteiger partial charge in [0.15, 0.2) is 0 Å². The van der Waals surface area contributed by atoms with E-state index < -0.39 is 18.0 Å². The Labute approximate surface area is 193 Å². The molecular formula is C26H30N2O5. The molecular weight excluding hydrogens is 420 g/mol. The van der Waals surface area contributed by atoms with E-state index >= 15 is 0 Å². The van der Waals surface area contributed by atoms with E-state index in [1.165, 1.54) is 11.1 Å². The van der Waals surface area contributed by atoms with Crippen LogP contribution in [0.4, 0.5) is 4.79 Å². The molecule has 7 nitrogen and oxygen atoms in total. The summed E-state index contributed by atoms with van der Waals surface area (Å²) in [6.45, 7) is 4.71. The van der Waals surface area contributed by atoms with E-state index in [1.807, 2.05) is 31.2 Å². The third-order valence-electron chi connectivity index (χ3n) is 6.94. The van der Waals surface area contributed by atoms with Gasteiger partial charge in [0.2, 0.25) is 5.91 Å². The van der Waals surface area contributed by atoms with Gasteiger partial charge in [-0.3, -0.25) is 9.59 Å². The van der Waals surface area contributed by atoms with Gasteiger partial charge in [-0.2, -0.15) is 0 Å². The third kappa shape index (κ3) is 4.72. The molecule has 174 valence electrons. The summed E-state index contributed by atoms with van der Waals surface area (Å²) in [5.41, 5.74) is 4.64. The lowest BCUT2D eigenvalue weighted by Gasteiger charge is -2.41. The van der Waals surface area contributed by atoms with Crippen molar-refractivity contribution in [2.45, 2.75) is 38.6 Å². The van der Waals surface area contributed by atoms with Gasteiger partial charge < -0.3 is 20.1 Å². The number of hydrogen-bond acceptors (Lipinski definition) is 4. The Morgan fingerprint density at radius 3 is 2.18 bits per heavy atom. The van der Waals surface area contributed by atoms with E-state index in [0.29, 0.717) is 19.5 Å². The van der Waals surface area contributed by atoms with E-state index in [2.05, 4.69) is 29.6 Å². The van der Waals surface area contributed by atoms with E-state index in [1.54, 1.807) is 11.8 Å². The van der Waals surface area contributed by atoms with Gasteiger partial charge in [0.1, 0.15) is 6.61 Å². The van der Waals surface area contributed by atoms with Crippen molar-refractivity contribution in [3.63, 3.8) is 0 Å². The molecule has 2 aromatic rings. The number of alkyl carbamates (subject to hydrolysis) is 1. The van der Waals surface area contributed by atoms with Crippen molar-refractivity contribution >= 4 is 18.0 Å². The van der Waals surface area contributed by atoms with Gasteiger partial charge in [-0.15, -0.1) is 0 Å². The van der Waals surface area contributed by atoms with Crippen LogP contribution in [-0.4, -0.2) is 53.7 Å². The molecule has 0 bridgehead atoms. The van der Waals surface area contributed by atoms with Crippen LogP contribution >= 0.6 is 0 Å². The first-order chi connectivity index (χ1) is 15.9. The average Bonchev–Trinajstić information content (AvgIpc) is 3.10. The average molecular weight is 451 g/mol.